The fourth-order valence-corrected chi connectivity index (χ4v) is 3.39. The van der Waals surface area contributed by atoms with Crippen molar-refractivity contribution in [2.24, 2.45) is 0 Å². The zero-order chi connectivity index (χ0) is 15.6. The molecule has 0 atom stereocenters. The highest BCUT2D eigenvalue weighted by Gasteiger charge is 2.15. The zero-order valence-electron chi connectivity index (χ0n) is 12.4. The molecule has 0 saturated heterocycles. The molecule has 23 heavy (non-hydrogen) atoms. The number of anilines is 3. The lowest BCUT2D eigenvalue weighted by Crippen LogP contribution is -2.18. The van der Waals surface area contributed by atoms with E-state index < -0.39 is 0 Å². The average molecular weight is 321 g/mol. The summed E-state index contributed by atoms with van der Waals surface area (Å²) < 4.78 is 0. The van der Waals surface area contributed by atoms with Gasteiger partial charge < -0.3 is 10.6 Å². The van der Waals surface area contributed by atoms with Gasteiger partial charge in [0, 0.05) is 28.7 Å². The van der Waals surface area contributed by atoms with E-state index in [-0.39, 0.29) is 5.91 Å². The minimum absolute atomic E-state index is 0.0910. The molecule has 3 aromatic rings. The molecule has 0 spiro atoms. The number of thiazole rings is 1. The van der Waals surface area contributed by atoms with Crippen LogP contribution in [0.2, 0.25) is 0 Å². The van der Waals surface area contributed by atoms with Crippen molar-refractivity contribution in [3.8, 4) is 11.3 Å². The Morgan fingerprint density at radius 1 is 1.09 bits per heavy atom. The summed E-state index contributed by atoms with van der Waals surface area (Å²) in [5, 5.41) is 9.14. The Balaban J connectivity index is 1.58. The summed E-state index contributed by atoms with van der Waals surface area (Å²) in [5.74, 6) is 0.0910. The SMILES string of the molecule is O=C1CCc2cc(-c3csc(Nc4ccccc4)n3)ccc2N1. The number of aryl methyl sites for hydroxylation is 1. The van der Waals surface area contributed by atoms with E-state index in [1.54, 1.807) is 11.3 Å². The standard InChI is InChI=1S/C18H15N3OS/c22-17-9-7-12-10-13(6-8-15(12)20-17)16-11-23-18(21-16)19-14-4-2-1-3-5-14/h1-6,8,10-11H,7,9H2,(H,19,21)(H,20,22). The highest BCUT2D eigenvalue weighted by molar-refractivity contribution is 7.14. The topological polar surface area (TPSA) is 54.0 Å². The third kappa shape index (κ3) is 2.96. The number of fused-ring (bicyclic) bond motifs is 1. The number of hydrogen-bond donors (Lipinski definition) is 2. The van der Waals surface area contributed by atoms with Gasteiger partial charge in [-0.2, -0.15) is 0 Å². The van der Waals surface area contributed by atoms with Crippen molar-refractivity contribution >= 4 is 33.8 Å². The van der Waals surface area contributed by atoms with Gasteiger partial charge in [-0.3, -0.25) is 4.79 Å². The molecule has 1 aliphatic rings. The molecular formula is C18H15N3OS. The molecule has 0 aliphatic carbocycles. The molecule has 1 amide bonds. The molecule has 0 saturated carbocycles. The van der Waals surface area contributed by atoms with E-state index in [4.69, 9.17) is 0 Å². The Morgan fingerprint density at radius 3 is 2.83 bits per heavy atom. The summed E-state index contributed by atoms with van der Waals surface area (Å²) in [7, 11) is 0. The Bertz CT molecular complexity index is 858. The number of amides is 1. The Morgan fingerprint density at radius 2 is 1.96 bits per heavy atom. The van der Waals surface area contributed by atoms with Crippen molar-refractivity contribution in [1.82, 2.24) is 4.98 Å². The third-order valence-corrected chi connectivity index (χ3v) is 4.58. The van der Waals surface area contributed by atoms with Crippen LogP contribution in [0.5, 0.6) is 0 Å². The zero-order valence-corrected chi connectivity index (χ0v) is 13.2. The van der Waals surface area contributed by atoms with E-state index >= 15 is 0 Å². The van der Waals surface area contributed by atoms with Gasteiger partial charge in [-0.25, -0.2) is 4.98 Å². The van der Waals surface area contributed by atoms with Crippen LogP contribution in [0.4, 0.5) is 16.5 Å². The quantitative estimate of drug-likeness (QED) is 0.750. The van der Waals surface area contributed by atoms with Gasteiger partial charge in [0.25, 0.3) is 0 Å². The number of rotatable bonds is 3. The predicted octanol–water partition coefficient (Wildman–Crippen LogP) is 4.44. The van der Waals surface area contributed by atoms with E-state index in [2.05, 4.69) is 27.1 Å². The molecule has 5 heteroatoms. The van der Waals surface area contributed by atoms with Crippen LogP contribution < -0.4 is 10.6 Å². The second-order valence-corrected chi connectivity index (χ2v) is 6.31. The first-order valence-corrected chi connectivity index (χ1v) is 8.37. The molecule has 1 aromatic heterocycles. The largest absolute Gasteiger partial charge is 0.332 e. The van der Waals surface area contributed by atoms with Crippen LogP contribution in [0.15, 0.2) is 53.9 Å². The van der Waals surface area contributed by atoms with Crippen molar-refractivity contribution in [2.75, 3.05) is 10.6 Å². The summed E-state index contributed by atoms with van der Waals surface area (Å²) in [6.07, 6.45) is 1.34. The van der Waals surface area contributed by atoms with Gasteiger partial charge in [0.15, 0.2) is 5.13 Å². The molecular weight excluding hydrogens is 306 g/mol. The second kappa shape index (κ2) is 5.85. The van der Waals surface area contributed by atoms with Crippen LogP contribution in [0, 0.1) is 0 Å². The predicted molar refractivity (Wildman–Crippen MR) is 94.2 cm³/mol. The maximum absolute atomic E-state index is 11.4. The molecule has 0 bridgehead atoms. The molecule has 0 unspecified atom stereocenters. The van der Waals surface area contributed by atoms with Crippen molar-refractivity contribution in [3.63, 3.8) is 0 Å². The Labute approximate surface area is 138 Å². The summed E-state index contributed by atoms with van der Waals surface area (Å²) in [6, 6.07) is 16.1. The number of carbonyl (C=O) groups is 1. The number of carbonyl (C=O) groups excluding carboxylic acids is 1. The number of nitrogens with zero attached hydrogens (tertiary/aromatic N) is 1. The molecule has 1 aliphatic heterocycles. The first-order valence-electron chi connectivity index (χ1n) is 7.49. The van der Waals surface area contributed by atoms with Gasteiger partial charge in [-0.1, -0.05) is 24.3 Å². The number of para-hydroxylation sites is 1. The summed E-state index contributed by atoms with van der Waals surface area (Å²) in [6.45, 7) is 0. The van der Waals surface area contributed by atoms with Crippen LogP contribution in [0.25, 0.3) is 11.3 Å². The van der Waals surface area contributed by atoms with Crippen LogP contribution >= 0.6 is 11.3 Å². The lowest BCUT2D eigenvalue weighted by molar-refractivity contribution is -0.116. The maximum Gasteiger partial charge on any atom is 0.224 e. The summed E-state index contributed by atoms with van der Waals surface area (Å²) in [5.41, 5.74) is 5.16. The van der Waals surface area contributed by atoms with E-state index in [1.807, 2.05) is 42.5 Å². The second-order valence-electron chi connectivity index (χ2n) is 5.45. The Kier molecular flexibility index (Phi) is 3.55. The third-order valence-electron chi connectivity index (χ3n) is 3.83. The van der Waals surface area contributed by atoms with Gasteiger partial charge in [0.1, 0.15) is 0 Å². The van der Waals surface area contributed by atoms with Crippen LogP contribution in [0.1, 0.15) is 12.0 Å². The average Bonchev–Trinajstić information content (AvgIpc) is 3.04. The number of aromatic nitrogens is 1. The van der Waals surface area contributed by atoms with Gasteiger partial charge >= 0.3 is 0 Å². The number of hydrogen-bond acceptors (Lipinski definition) is 4. The van der Waals surface area contributed by atoms with E-state index in [9.17, 15) is 4.79 Å². The first-order chi connectivity index (χ1) is 11.3. The van der Waals surface area contributed by atoms with Gasteiger partial charge in [-0.15, -0.1) is 11.3 Å². The molecule has 2 aromatic carbocycles. The lowest BCUT2D eigenvalue weighted by atomic mass is 9.99. The van der Waals surface area contributed by atoms with Gasteiger partial charge in [-0.05, 0) is 36.2 Å². The fourth-order valence-electron chi connectivity index (χ4n) is 2.65. The van der Waals surface area contributed by atoms with E-state index in [0.29, 0.717) is 6.42 Å². The van der Waals surface area contributed by atoms with Gasteiger partial charge in [0.05, 0.1) is 5.69 Å². The van der Waals surface area contributed by atoms with Crippen molar-refractivity contribution in [1.29, 1.82) is 0 Å². The molecule has 2 N–H and O–H groups in total. The lowest BCUT2D eigenvalue weighted by Gasteiger charge is -2.17. The molecule has 0 radical (unpaired) electrons. The smallest absolute Gasteiger partial charge is 0.224 e. The van der Waals surface area contributed by atoms with E-state index in [0.717, 1.165) is 34.2 Å². The molecule has 114 valence electrons. The summed E-state index contributed by atoms with van der Waals surface area (Å²) in [4.78, 5) is 16.1. The molecule has 4 nitrogen and oxygen atoms in total. The van der Waals surface area contributed by atoms with Crippen LogP contribution in [-0.2, 0) is 11.2 Å². The highest BCUT2D eigenvalue weighted by Crippen LogP contribution is 2.31. The monoisotopic (exact) mass is 321 g/mol. The molecule has 2 heterocycles. The first kappa shape index (κ1) is 14.0. The van der Waals surface area contributed by atoms with Crippen LogP contribution in [-0.4, -0.2) is 10.9 Å². The van der Waals surface area contributed by atoms with Crippen molar-refractivity contribution in [3.05, 3.63) is 59.5 Å². The van der Waals surface area contributed by atoms with Crippen molar-refractivity contribution < 1.29 is 4.79 Å². The Hall–Kier alpha value is -2.66. The normalized spacial score (nSPS) is 13.3. The molecule has 0 fully saturated rings. The van der Waals surface area contributed by atoms with Gasteiger partial charge in [0.2, 0.25) is 5.91 Å². The maximum atomic E-state index is 11.4. The van der Waals surface area contributed by atoms with Crippen LogP contribution in [0.3, 0.4) is 0 Å². The highest BCUT2D eigenvalue weighted by atomic mass is 32.1. The minimum Gasteiger partial charge on any atom is -0.332 e. The van der Waals surface area contributed by atoms with E-state index in [1.165, 1.54) is 5.56 Å². The number of nitrogens with one attached hydrogen (secondary N) is 2. The number of benzene rings is 2. The summed E-state index contributed by atoms with van der Waals surface area (Å²) >= 11 is 1.59. The van der Waals surface area contributed by atoms with Crippen molar-refractivity contribution in [2.45, 2.75) is 12.8 Å². The minimum atomic E-state index is 0.0910. The molecule has 4 rings (SSSR count). The fraction of sp³-hybridized carbons (Fsp3) is 0.111.